The average molecular weight is 605 g/mol. The van der Waals surface area contributed by atoms with Crippen LogP contribution in [0.15, 0.2) is 58.3 Å². The number of alkyl halides is 2. The number of carbonyl (C=O) groups excluding carboxylic acids is 1. The standard InChI is InChI=1S/C33H34F2N4O3S/c1-5-42-30-28(16-21(4)18-36-30)39-27(15-20(2)3)24(32(40)38-13-7-6-8-14-38)17-25(33(39)41)31-37-26(19-43-31)22-9-11-23(12-10-22)29(34)35/h9-12,15-19,29H,5-8,13-14H2,1-4H3. The number of hydrogen-bond acceptors (Lipinski definition) is 6. The van der Waals surface area contributed by atoms with Crippen LogP contribution in [-0.4, -0.2) is 45.0 Å². The molecule has 4 aromatic rings. The number of nitrogens with zero attached hydrogens (tertiary/aromatic N) is 4. The Balaban J connectivity index is 1.76. The van der Waals surface area contributed by atoms with E-state index in [-0.39, 0.29) is 28.5 Å². The minimum atomic E-state index is -2.56. The van der Waals surface area contributed by atoms with Crippen molar-refractivity contribution in [3.63, 3.8) is 0 Å². The van der Waals surface area contributed by atoms with Gasteiger partial charge in [0.15, 0.2) is 0 Å². The number of piperidine rings is 1. The lowest BCUT2D eigenvalue weighted by Crippen LogP contribution is -2.37. The second kappa shape index (κ2) is 13.0. The van der Waals surface area contributed by atoms with E-state index in [1.54, 1.807) is 29.8 Å². The van der Waals surface area contributed by atoms with Gasteiger partial charge in [-0.1, -0.05) is 29.8 Å². The van der Waals surface area contributed by atoms with Crippen LogP contribution in [0, 0.1) is 6.92 Å². The van der Waals surface area contributed by atoms with Gasteiger partial charge < -0.3 is 9.64 Å². The molecule has 1 aliphatic heterocycles. The van der Waals surface area contributed by atoms with Gasteiger partial charge >= 0.3 is 0 Å². The zero-order valence-corrected chi connectivity index (χ0v) is 25.5. The number of pyridine rings is 2. The average Bonchev–Trinajstić information content (AvgIpc) is 3.48. The van der Waals surface area contributed by atoms with E-state index in [4.69, 9.17) is 9.72 Å². The smallest absolute Gasteiger partial charge is 0.266 e. The fourth-order valence-corrected chi connectivity index (χ4v) is 5.99. The van der Waals surface area contributed by atoms with Crippen LogP contribution in [0.3, 0.4) is 0 Å². The van der Waals surface area contributed by atoms with Gasteiger partial charge in [0.25, 0.3) is 17.9 Å². The monoisotopic (exact) mass is 604 g/mol. The van der Waals surface area contributed by atoms with Crippen LogP contribution < -0.4 is 10.3 Å². The lowest BCUT2D eigenvalue weighted by molar-refractivity contribution is 0.0723. The topological polar surface area (TPSA) is 77.3 Å². The zero-order valence-electron chi connectivity index (χ0n) is 24.7. The number of carbonyl (C=O) groups is 1. The number of aromatic nitrogens is 3. The Labute approximate surface area is 253 Å². The molecule has 0 saturated carbocycles. The first-order chi connectivity index (χ1) is 20.7. The van der Waals surface area contributed by atoms with Gasteiger partial charge in [0, 0.05) is 35.8 Å². The van der Waals surface area contributed by atoms with Crippen molar-refractivity contribution in [2.75, 3.05) is 19.7 Å². The van der Waals surface area contributed by atoms with Crippen LogP contribution in [0.1, 0.15) is 73.6 Å². The summed E-state index contributed by atoms with van der Waals surface area (Å²) in [4.78, 5) is 39.6. The molecule has 1 amide bonds. The Hall–Kier alpha value is -4.18. The number of amides is 1. The fraction of sp³-hybridized carbons (Fsp3) is 0.333. The Bertz CT molecular complexity index is 1720. The van der Waals surface area contributed by atoms with E-state index < -0.39 is 6.43 Å². The summed E-state index contributed by atoms with van der Waals surface area (Å²) in [6, 6.07) is 9.41. The highest BCUT2D eigenvalue weighted by molar-refractivity contribution is 7.13. The molecule has 0 aliphatic carbocycles. The molecule has 0 N–H and O–H groups in total. The maximum Gasteiger partial charge on any atom is 0.266 e. The van der Waals surface area contributed by atoms with Crippen molar-refractivity contribution in [2.45, 2.75) is 53.4 Å². The number of ether oxygens (including phenoxy) is 1. The fourth-order valence-electron chi connectivity index (χ4n) is 5.16. The van der Waals surface area contributed by atoms with E-state index in [9.17, 15) is 18.4 Å². The van der Waals surface area contributed by atoms with Gasteiger partial charge in [0.1, 0.15) is 10.7 Å². The molecule has 5 rings (SSSR count). The Morgan fingerprint density at radius 1 is 1.12 bits per heavy atom. The minimum absolute atomic E-state index is 0.0744. The SMILES string of the molecule is CCOc1ncc(C)cc1-n1c(C=C(C)C)c(C(=O)N2CCCCC2)cc(-c2nc(-c3ccc(C(F)F)cc3)cs2)c1=O. The molecule has 0 bridgehead atoms. The summed E-state index contributed by atoms with van der Waals surface area (Å²) < 4.78 is 33.6. The van der Waals surface area contributed by atoms with Crippen molar-refractivity contribution in [3.05, 3.63) is 86.3 Å². The molecule has 0 unspecified atom stereocenters. The van der Waals surface area contributed by atoms with Crippen molar-refractivity contribution < 1.29 is 18.3 Å². The lowest BCUT2D eigenvalue weighted by atomic mass is 10.0. The molecule has 1 saturated heterocycles. The second-order valence-corrected chi connectivity index (χ2v) is 11.7. The van der Waals surface area contributed by atoms with Crippen LogP contribution in [0.25, 0.3) is 33.6 Å². The summed E-state index contributed by atoms with van der Waals surface area (Å²) in [5, 5.41) is 2.20. The molecule has 3 aromatic heterocycles. The van der Waals surface area contributed by atoms with Crippen LogP contribution in [0.5, 0.6) is 5.88 Å². The molecule has 1 aliphatic rings. The second-order valence-electron chi connectivity index (χ2n) is 10.8. The van der Waals surface area contributed by atoms with Gasteiger partial charge in [-0.05, 0) is 70.7 Å². The number of thiazole rings is 1. The third-order valence-electron chi connectivity index (χ3n) is 7.22. The molecule has 7 nitrogen and oxygen atoms in total. The number of allylic oxidation sites excluding steroid dienone is 1. The van der Waals surface area contributed by atoms with Crippen LogP contribution >= 0.6 is 11.3 Å². The van der Waals surface area contributed by atoms with Gasteiger partial charge in [-0.3, -0.25) is 14.2 Å². The molecule has 0 atom stereocenters. The Morgan fingerprint density at radius 2 is 1.84 bits per heavy atom. The number of rotatable bonds is 8. The number of aryl methyl sites for hydroxylation is 1. The predicted octanol–water partition coefficient (Wildman–Crippen LogP) is 7.72. The Morgan fingerprint density at radius 3 is 2.49 bits per heavy atom. The zero-order chi connectivity index (χ0) is 30.7. The van der Waals surface area contributed by atoms with E-state index in [1.807, 2.05) is 44.7 Å². The molecule has 0 spiro atoms. The third kappa shape index (κ3) is 6.44. The molecule has 224 valence electrons. The van der Waals surface area contributed by atoms with Gasteiger partial charge in [0.05, 0.1) is 29.1 Å². The molecular formula is C33H34F2N4O3S. The number of halogens is 2. The molecule has 0 radical (unpaired) electrons. The first-order valence-corrected chi connectivity index (χ1v) is 15.2. The molecule has 4 heterocycles. The first-order valence-electron chi connectivity index (χ1n) is 14.4. The van der Waals surface area contributed by atoms with Gasteiger partial charge in [-0.2, -0.15) is 0 Å². The van der Waals surface area contributed by atoms with Gasteiger partial charge in [0.2, 0.25) is 5.88 Å². The number of hydrogen-bond donors (Lipinski definition) is 0. The molecule has 10 heteroatoms. The maximum atomic E-state index is 14.5. The molecule has 1 aromatic carbocycles. The maximum absolute atomic E-state index is 14.5. The minimum Gasteiger partial charge on any atom is -0.476 e. The van der Waals surface area contributed by atoms with Crippen LogP contribution in [-0.2, 0) is 0 Å². The molecule has 1 fully saturated rings. The van der Waals surface area contributed by atoms with Crippen molar-refractivity contribution >= 4 is 23.3 Å². The van der Waals surface area contributed by atoms with E-state index in [0.29, 0.717) is 52.9 Å². The summed E-state index contributed by atoms with van der Waals surface area (Å²) in [6.45, 7) is 9.20. The van der Waals surface area contributed by atoms with Gasteiger partial charge in [-0.15, -0.1) is 11.3 Å². The summed E-state index contributed by atoms with van der Waals surface area (Å²) in [6.07, 6.45) is 3.88. The number of benzene rings is 1. The summed E-state index contributed by atoms with van der Waals surface area (Å²) in [5.74, 6) is 0.131. The highest BCUT2D eigenvalue weighted by atomic mass is 32.1. The van der Waals surface area contributed by atoms with Crippen molar-refractivity contribution in [1.29, 1.82) is 0 Å². The summed E-state index contributed by atoms with van der Waals surface area (Å²) in [5.41, 5.74) is 4.04. The largest absolute Gasteiger partial charge is 0.476 e. The van der Waals surface area contributed by atoms with Crippen LogP contribution in [0.4, 0.5) is 8.78 Å². The lowest BCUT2D eigenvalue weighted by Gasteiger charge is -2.28. The van der Waals surface area contributed by atoms with E-state index >= 15 is 0 Å². The number of likely N-dealkylation sites (tertiary alicyclic amines) is 1. The molecule has 43 heavy (non-hydrogen) atoms. The molecular weight excluding hydrogens is 570 g/mol. The normalized spacial score (nSPS) is 13.3. The van der Waals surface area contributed by atoms with E-state index in [2.05, 4.69) is 4.98 Å². The first kappa shape index (κ1) is 30.3. The quantitative estimate of drug-likeness (QED) is 0.206. The van der Waals surface area contributed by atoms with Gasteiger partial charge in [-0.25, -0.2) is 18.7 Å². The van der Waals surface area contributed by atoms with E-state index in [0.717, 1.165) is 30.4 Å². The van der Waals surface area contributed by atoms with Crippen LogP contribution in [0.2, 0.25) is 0 Å². The summed E-state index contributed by atoms with van der Waals surface area (Å²) in [7, 11) is 0. The highest BCUT2D eigenvalue weighted by Gasteiger charge is 2.27. The van der Waals surface area contributed by atoms with E-state index in [1.165, 1.54) is 28.0 Å². The van der Waals surface area contributed by atoms with Crippen molar-refractivity contribution in [3.8, 4) is 33.4 Å². The van der Waals surface area contributed by atoms with Crippen molar-refractivity contribution in [2.24, 2.45) is 0 Å². The third-order valence-corrected chi connectivity index (χ3v) is 8.10. The predicted molar refractivity (Wildman–Crippen MR) is 166 cm³/mol. The van der Waals surface area contributed by atoms with Crippen molar-refractivity contribution in [1.82, 2.24) is 19.4 Å². The Kier molecular flexibility index (Phi) is 9.15. The highest BCUT2D eigenvalue weighted by Crippen LogP contribution is 2.32. The summed E-state index contributed by atoms with van der Waals surface area (Å²) >= 11 is 1.26.